The van der Waals surface area contributed by atoms with Crippen molar-refractivity contribution in [3.05, 3.63) is 119 Å². The predicted octanol–water partition coefficient (Wildman–Crippen LogP) is 6.47. The van der Waals surface area contributed by atoms with Gasteiger partial charge in [0.25, 0.3) is 0 Å². The Morgan fingerprint density at radius 3 is 1.39 bits per heavy atom. The topological polar surface area (TPSA) is 149 Å². The molecule has 4 aromatic carbocycles. The van der Waals surface area contributed by atoms with Crippen LogP contribution in [0.25, 0.3) is 0 Å². The first-order chi connectivity index (χ1) is 21.2. The van der Waals surface area contributed by atoms with E-state index in [0.717, 1.165) is 24.2 Å². The third-order valence-corrected chi connectivity index (χ3v) is 6.07. The fourth-order valence-corrected chi connectivity index (χ4v) is 3.83. The quantitative estimate of drug-likeness (QED) is 0.129. The van der Waals surface area contributed by atoms with Gasteiger partial charge in [-0.15, -0.1) is 0 Å². The van der Waals surface area contributed by atoms with Gasteiger partial charge in [0.1, 0.15) is 36.2 Å². The number of benzene rings is 4. The van der Waals surface area contributed by atoms with Crippen LogP contribution in [0.2, 0.25) is 0 Å². The lowest BCUT2D eigenvalue weighted by Gasteiger charge is -2.09. The Balaban J connectivity index is 0.000000240. The number of hydrogen-bond acceptors (Lipinski definition) is 7. The molecular formula is C34H34O10. The average molecular weight is 603 g/mol. The second-order valence-corrected chi connectivity index (χ2v) is 9.33. The number of aryl methyl sites for hydroxylation is 1. The van der Waals surface area contributed by atoms with Crippen LogP contribution < -0.4 is 18.9 Å². The average Bonchev–Trinajstić information content (AvgIpc) is 3.02. The fourth-order valence-electron chi connectivity index (χ4n) is 3.83. The third-order valence-electron chi connectivity index (χ3n) is 6.07. The van der Waals surface area contributed by atoms with Crippen LogP contribution in [-0.2, 0) is 0 Å². The highest BCUT2D eigenvalue weighted by atomic mass is 16.5. The lowest BCUT2D eigenvalue weighted by Crippen LogP contribution is -2.11. The molecule has 4 aromatic rings. The molecule has 230 valence electrons. The molecule has 0 aliphatic rings. The van der Waals surface area contributed by atoms with Crippen LogP contribution in [0, 0.1) is 6.92 Å². The lowest BCUT2D eigenvalue weighted by atomic mass is 10.1. The van der Waals surface area contributed by atoms with Crippen LogP contribution in [0.1, 0.15) is 49.5 Å². The van der Waals surface area contributed by atoms with Gasteiger partial charge >= 0.3 is 17.9 Å². The number of ether oxygens (including phenoxy) is 4. The Labute approximate surface area is 255 Å². The zero-order valence-electron chi connectivity index (χ0n) is 24.2. The van der Waals surface area contributed by atoms with Crippen molar-refractivity contribution in [1.29, 1.82) is 0 Å². The standard InChI is InChI=1S/C18H20O4.C16H14O6/c1-14-9-10-16(13-17(14)18(19)20)22-12-6-5-11-21-15-7-3-2-4-8-15;17-15(18)13-7-6-12(10-14(13)16(19)20)22-9-8-21-11-4-2-1-3-5-11/h2-4,7-10,13H,5-6,11-12H2,1H3,(H,19,20);1-7,10H,8-9H2,(H,17,18)(H,19,20). The maximum absolute atomic E-state index is 11.1. The van der Waals surface area contributed by atoms with E-state index in [9.17, 15) is 14.4 Å². The molecule has 0 aliphatic carbocycles. The highest BCUT2D eigenvalue weighted by Crippen LogP contribution is 2.19. The van der Waals surface area contributed by atoms with Gasteiger partial charge in [-0.05, 0) is 79.9 Å². The minimum Gasteiger partial charge on any atom is -0.494 e. The van der Waals surface area contributed by atoms with E-state index in [1.54, 1.807) is 25.1 Å². The molecule has 10 heteroatoms. The Kier molecular flexibility index (Phi) is 13.1. The van der Waals surface area contributed by atoms with Gasteiger partial charge in [-0.1, -0.05) is 42.5 Å². The molecule has 0 atom stereocenters. The van der Waals surface area contributed by atoms with Gasteiger partial charge in [0.05, 0.1) is 29.9 Å². The monoisotopic (exact) mass is 602 g/mol. The summed E-state index contributed by atoms with van der Waals surface area (Å²) in [5.41, 5.74) is 0.426. The molecule has 4 rings (SSSR count). The number of para-hydroxylation sites is 2. The van der Waals surface area contributed by atoms with Crippen LogP contribution in [0.3, 0.4) is 0 Å². The largest absolute Gasteiger partial charge is 0.494 e. The first-order valence-electron chi connectivity index (χ1n) is 13.8. The maximum atomic E-state index is 11.1. The smallest absolute Gasteiger partial charge is 0.336 e. The molecule has 0 amide bonds. The summed E-state index contributed by atoms with van der Waals surface area (Å²) in [6.45, 7) is 3.45. The van der Waals surface area contributed by atoms with Gasteiger partial charge in [0.15, 0.2) is 0 Å². The Hall–Kier alpha value is -5.51. The molecule has 10 nitrogen and oxygen atoms in total. The molecule has 3 N–H and O–H groups in total. The number of aromatic carboxylic acids is 3. The van der Waals surface area contributed by atoms with Crippen molar-refractivity contribution in [3.8, 4) is 23.0 Å². The third kappa shape index (κ3) is 11.1. The van der Waals surface area contributed by atoms with Crippen LogP contribution in [0.5, 0.6) is 23.0 Å². The summed E-state index contributed by atoms with van der Waals surface area (Å²) < 4.78 is 22.0. The summed E-state index contributed by atoms with van der Waals surface area (Å²) in [5.74, 6) is -1.10. The van der Waals surface area contributed by atoms with Crippen LogP contribution in [0.4, 0.5) is 0 Å². The van der Waals surface area contributed by atoms with Gasteiger partial charge in [-0.2, -0.15) is 0 Å². The van der Waals surface area contributed by atoms with E-state index in [4.69, 9.17) is 34.3 Å². The molecule has 0 radical (unpaired) electrons. The second kappa shape index (κ2) is 17.4. The Bertz CT molecular complexity index is 1500. The zero-order chi connectivity index (χ0) is 31.7. The van der Waals surface area contributed by atoms with E-state index in [1.165, 1.54) is 18.2 Å². The van der Waals surface area contributed by atoms with Crippen molar-refractivity contribution < 1.29 is 48.7 Å². The number of carboxylic acid groups (broad SMARTS) is 3. The normalized spacial score (nSPS) is 10.1. The van der Waals surface area contributed by atoms with E-state index in [-0.39, 0.29) is 35.7 Å². The van der Waals surface area contributed by atoms with E-state index >= 15 is 0 Å². The van der Waals surface area contributed by atoms with Crippen LogP contribution in [0.15, 0.2) is 97.1 Å². The predicted molar refractivity (Wildman–Crippen MR) is 163 cm³/mol. The summed E-state index contributed by atoms with van der Waals surface area (Å²) in [4.78, 5) is 33.0. The summed E-state index contributed by atoms with van der Waals surface area (Å²) in [6, 6.07) is 27.8. The van der Waals surface area contributed by atoms with E-state index in [0.29, 0.717) is 24.7 Å². The first-order valence-corrected chi connectivity index (χ1v) is 13.8. The van der Waals surface area contributed by atoms with Crippen molar-refractivity contribution in [2.75, 3.05) is 26.4 Å². The Morgan fingerprint density at radius 2 is 0.886 bits per heavy atom. The van der Waals surface area contributed by atoms with Gasteiger partial charge in [-0.3, -0.25) is 0 Å². The van der Waals surface area contributed by atoms with Gasteiger partial charge in [0, 0.05) is 0 Å². The first kappa shape index (κ1) is 33.0. The highest BCUT2D eigenvalue weighted by Gasteiger charge is 2.16. The minimum absolute atomic E-state index is 0.209. The van der Waals surface area contributed by atoms with E-state index < -0.39 is 17.9 Å². The second-order valence-electron chi connectivity index (χ2n) is 9.33. The zero-order valence-corrected chi connectivity index (χ0v) is 24.2. The van der Waals surface area contributed by atoms with Crippen molar-refractivity contribution in [1.82, 2.24) is 0 Å². The number of unbranched alkanes of at least 4 members (excludes halogenated alkanes) is 1. The molecule has 0 unspecified atom stereocenters. The summed E-state index contributed by atoms with van der Waals surface area (Å²) >= 11 is 0. The number of hydrogen-bond donors (Lipinski definition) is 3. The van der Waals surface area contributed by atoms with Crippen LogP contribution in [-0.4, -0.2) is 59.7 Å². The van der Waals surface area contributed by atoms with Crippen molar-refractivity contribution in [2.24, 2.45) is 0 Å². The summed E-state index contributed by atoms with van der Waals surface area (Å²) in [7, 11) is 0. The molecule has 0 aromatic heterocycles. The number of carboxylic acids is 3. The highest BCUT2D eigenvalue weighted by molar-refractivity contribution is 6.02. The molecule has 0 bridgehead atoms. The number of carbonyl (C=O) groups is 3. The molecule has 0 saturated heterocycles. The van der Waals surface area contributed by atoms with Gasteiger partial charge in [0.2, 0.25) is 0 Å². The van der Waals surface area contributed by atoms with E-state index in [1.807, 2.05) is 60.7 Å². The summed E-state index contributed by atoms with van der Waals surface area (Å²) in [6.07, 6.45) is 1.73. The fraction of sp³-hybridized carbons (Fsp3) is 0.206. The van der Waals surface area contributed by atoms with Crippen molar-refractivity contribution in [3.63, 3.8) is 0 Å². The molecule has 0 saturated carbocycles. The molecule has 0 aliphatic heterocycles. The summed E-state index contributed by atoms with van der Waals surface area (Å²) in [5, 5.41) is 27.0. The van der Waals surface area contributed by atoms with Gasteiger partial charge in [-0.25, -0.2) is 14.4 Å². The number of rotatable bonds is 15. The molecule has 0 fully saturated rings. The Morgan fingerprint density at radius 1 is 0.477 bits per heavy atom. The van der Waals surface area contributed by atoms with Crippen molar-refractivity contribution >= 4 is 17.9 Å². The minimum atomic E-state index is -1.32. The maximum Gasteiger partial charge on any atom is 0.336 e. The molecule has 44 heavy (non-hydrogen) atoms. The van der Waals surface area contributed by atoms with Crippen molar-refractivity contribution in [2.45, 2.75) is 19.8 Å². The lowest BCUT2D eigenvalue weighted by molar-refractivity contribution is 0.0651. The van der Waals surface area contributed by atoms with E-state index in [2.05, 4.69) is 0 Å². The van der Waals surface area contributed by atoms with Gasteiger partial charge < -0.3 is 34.3 Å². The SMILES string of the molecule is Cc1ccc(OCCCCOc2ccccc2)cc1C(=O)O.O=C(O)c1ccc(OCCOc2ccccc2)cc1C(=O)O. The molecule has 0 heterocycles. The molecular weight excluding hydrogens is 568 g/mol. The van der Waals surface area contributed by atoms with Crippen LogP contribution >= 0.6 is 0 Å². The molecule has 0 spiro atoms.